The van der Waals surface area contributed by atoms with E-state index in [1.165, 1.54) is 0 Å². The summed E-state index contributed by atoms with van der Waals surface area (Å²) < 4.78 is 52.7. The Labute approximate surface area is 125 Å². The lowest BCUT2D eigenvalue weighted by atomic mass is 10.1. The summed E-state index contributed by atoms with van der Waals surface area (Å²) in [5.41, 5.74) is 1.59. The number of halogens is 2. The topological polar surface area (TPSA) is 49.4 Å². The lowest BCUT2D eigenvalue weighted by Crippen LogP contribution is -2.34. The van der Waals surface area contributed by atoms with Gasteiger partial charge in [0.05, 0.1) is 4.90 Å². The van der Waals surface area contributed by atoms with Gasteiger partial charge in [0, 0.05) is 17.2 Å². The number of nitrogens with zero attached hydrogens (tertiary/aromatic N) is 1. The fourth-order valence-corrected chi connectivity index (χ4v) is 4.84. The average molecular weight is 334 g/mol. The maximum absolute atomic E-state index is 13.1. The summed E-state index contributed by atoms with van der Waals surface area (Å²) in [5.74, 6) is -2.27. The number of hydrogen-bond donors (Lipinski definition) is 1. The van der Waals surface area contributed by atoms with Gasteiger partial charge in [-0.2, -0.15) is 4.13 Å². The Kier molecular flexibility index (Phi) is 4.23. The number of rotatable bonds is 3. The standard InChI is InChI=1S/C13H16F2N2O2S2/c1-13(2,3)17-6-7-20(9-17)16-21(18,19)10-4-5-11(14)12(15)8-10/h4-9,16H,1-3H3. The average Bonchev–Trinajstić information content (AvgIpc) is 2.80. The third-order valence-corrected chi connectivity index (χ3v) is 6.17. The zero-order valence-electron chi connectivity index (χ0n) is 11.8. The molecule has 0 saturated heterocycles. The molecule has 2 rings (SSSR count). The molecule has 0 aliphatic carbocycles. The summed E-state index contributed by atoms with van der Waals surface area (Å²) in [4.78, 5) is 1.59. The van der Waals surface area contributed by atoms with Crippen LogP contribution in [0, 0.1) is 11.6 Å². The zero-order valence-corrected chi connectivity index (χ0v) is 13.4. The van der Waals surface area contributed by atoms with Crippen molar-refractivity contribution in [3.63, 3.8) is 0 Å². The normalized spacial score (nSPS) is 18.9. The predicted octanol–water partition coefficient (Wildman–Crippen LogP) is 2.77. The SMILES string of the molecule is CC(C)(C)N1C=CS(NS(=O)(=O)c2ccc(F)c(F)c2)=C1. The van der Waals surface area contributed by atoms with Gasteiger partial charge >= 0.3 is 0 Å². The van der Waals surface area contributed by atoms with E-state index in [9.17, 15) is 17.2 Å². The first-order valence-corrected chi connectivity index (χ1v) is 8.94. The van der Waals surface area contributed by atoms with Crippen molar-refractivity contribution in [3.05, 3.63) is 41.4 Å². The van der Waals surface area contributed by atoms with Gasteiger partial charge in [0.1, 0.15) is 0 Å². The van der Waals surface area contributed by atoms with Crippen LogP contribution in [0.4, 0.5) is 8.78 Å². The third kappa shape index (κ3) is 3.69. The van der Waals surface area contributed by atoms with Crippen LogP contribution in [-0.2, 0) is 10.0 Å². The summed E-state index contributed by atoms with van der Waals surface area (Å²) in [6, 6.07) is 2.50. The Morgan fingerprint density at radius 3 is 2.38 bits per heavy atom. The monoisotopic (exact) mass is 334 g/mol. The van der Waals surface area contributed by atoms with Gasteiger partial charge in [-0.25, -0.2) is 17.2 Å². The fourth-order valence-electron chi connectivity index (χ4n) is 1.57. The summed E-state index contributed by atoms with van der Waals surface area (Å²) >= 11 is 0. The van der Waals surface area contributed by atoms with E-state index in [1.54, 1.807) is 17.1 Å². The van der Waals surface area contributed by atoms with Crippen molar-refractivity contribution in [2.45, 2.75) is 31.2 Å². The molecule has 0 radical (unpaired) electrons. The second-order valence-corrected chi connectivity index (χ2v) is 8.87. The van der Waals surface area contributed by atoms with Crippen LogP contribution in [0.25, 0.3) is 0 Å². The van der Waals surface area contributed by atoms with Crippen LogP contribution in [0.2, 0.25) is 0 Å². The molecule has 1 aromatic carbocycles. The maximum Gasteiger partial charge on any atom is 0.249 e. The van der Waals surface area contributed by atoms with Gasteiger partial charge in [-0.3, -0.25) is 0 Å². The highest BCUT2D eigenvalue weighted by molar-refractivity contribution is 8.22. The lowest BCUT2D eigenvalue weighted by Gasteiger charge is -2.29. The summed E-state index contributed by atoms with van der Waals surface area (Å²) in [7, 11) is -4.72. The molecule has 1 heterocycles. The van der Waals surface area contributed by atoms with Gasteiger partial charge in [-0.1, -0.05) is 10.7 Å². The second kappa shape index (κ2) is 5.51. The molecule has 0 saturated carbocycles. The molecule has 21 heavy (non-hydrogen) atoms. The Hall–Kier alpha value is -1.25. The molecule has 1 aliphatic heterocycles. The molecule has 1 aromatic rings. The van der Waals surface area contributed by atoms with Gasteiger partial charge in [-0.15, -0.1) is 0 Å². The molecule has 4 nitrogen and oxygen atoms in total. The van der Waals surface area contributed by atoms with Gasteiger partial charge in [0.15, 0.2) is 11.6 Å². The Bertz CT molecular complexity index is 722. The molecule has 8 heteroatoms. The predicted molar refractivity (Wildman–Crippen MR) is 81.1 cm³/mol. The Morgan fingerprint density at radius 1 is 1.19 bits per heavy atom. The maximum atomic E-state index is 13.1. The highest BCUT2D eigenvalue weighted by atomic mass is 32.3. The molecule has 1 unspecified atom stereocenters. The van der Waals surface area contributed by atoms with Crippen molar-refractivity contribution in [2.24, 2.45) is 0 Å². The molecule has 0 aromatic heterocycles. The molecular weight excluding hydrogens is 318 g/mol. The van der Waals surface area contributed by atoms with E-state index < -0.39 is 32.3 Å². The minimum atomic E-state index is -3.91. The van der Waals surface area contributed by atoms with Gasteiger partial charge in [0.25, 0.3) is 0 Å². The van der Waals surface area contributed by atoms with Crippen molar-refractivity contribution in [3.8, 4) is 0 Å². The minimum Gasteiger partial charge on any atom is -0.342 e. The molecule has 1 aliphatic rings. The number of nitrogens with one attached hydrogen (secondary N) is 1. The minimum absolute atomic E-state index is 0.161. The fraction of sp³-hybridized carbons (Fsp3) is 0.308. The Morgan fingerprint density at radius 2 is 1.86 bits per heavy atom. The molecule has 0 bridgehead atoms. The zero-order chi connectivity index (χ0) is 15.8. The van der Waals surface area contributed by atoms with Crippen LogP contribution in [0.15, 0.2) is 34.7 Å². The van der Waals surface area contributed by atoms with E-state index in [0.29, 0.717) is 6.07 Å². The van der Waals surface area contributed by atoms with Crippen molar-refractivity contribution in [1.82, 2.24) is 9.03 Å². The first-order valence-electron chi connectivity index (χ1n) is 6.11. The van der Waals surface area contributed by atoms with E-state index >= 15 is 0 Å². The van der Waals surface area contributed by atoms with E-state index in [2.05, 4.69) is 4.13 Å². The number of hydrogen-bond acceptors (Lipinski definition) is 3. The van der Waals surface area contributed by atoms with Crippen molar-refractivity contribution < 1.29 is 17.2 Å². The van der Waals surface area contributed by atoms with Crippen molar-refractivity contribution >= 4 is 26.2 Å². The molecule has 0 fully saturated rings. The molecule has 1 atom stereocenters. The van der Waals surface area contributed by atoms with Crippen LogP contribution < -0.4 is 4.13 Å². The van der Waals surface area contributed by atoms with Crippen molar-refractivity contribution in [2.75, 3.05) is 0 Å². The first kappa shape index (κ1) is 16.1. The van der Waals surface area contributed by atoms with Crippen molar-refractivity contribution in [1.29, 1.82) is 0 Å². The quantitative estimate of drug-likeness (QED) is 0.865. The largest absolute Gasteiger partial charge is 0.342 e. The number of benzene rings is 1. The van der Waals surface area contributed by atoms with Gasteiger partial charge < -0.3 is 4.90 Å². The van der Waals surface area contributed by atoms with Crippen LogP contribution in [0.3, 0.4) is 0 Å². The van der Waals surface area contributed by atoms with E-state index in [4.69, 9.17) is 0 Å². The first-order chi connectivity index (χ1) is 9.59. The number of sulfonamides is 1. The van der Waals surface area contributed by atoms with E-state index in [1.807, 2.05) is 25.7 Å². The smallest absolute Gasteiger partial charge is 0.249 e. The van der Waals surface area contributed by atoms with Crippen LogP contribution in [0.5, 0.6) is 0 Å². The lowest BCUT2D eigenvalue weighted by molar-refractivity contribution is 0.325. The molecule has 0 amide bonds. The second-order valence-electron chi connectivity index (χ2n) is 5.50. The summed E-state index contributed by atoms with van der Waals surface area (Å²) in [5, 5.41) is 1.71. The molecule has 116 valence electrons. The van der Waals surface area contributed by atoms with Gasteiger partial charge in [0.2, 0.25) is 10.0 Å². The van der Waals surface area contributed by atoms with Crippen LogP contribution in [-0.4, -0.2) is 24.3 Å². The molecule has 0 spiro atoms. The highest BCUT2D eigenvalue weighted by Crippen LogP contribution is 2.25. The summed E-state index contributed by atoms with van der Waals surface area (Å²) in [6.07, 6.45) is 1.79. The molecule has 1 N–H and O–H groups in total. The third-order valence-electron chi connectivity index (χ3n) is 2.78. The van der Waals surface area contributed by atoms with Gasteiger partial charge in [-0.05, 0) is 44.4 Å². The summed E-state index contributed by atoms with van der Waals surface area (Å²) in [6.45, 7) is 5.97. The van der Waals surface area contributed by atoms with Crippen LogP contribution >= 0.6 is 10.7 Å². The molecular formula is C13H16F2N2O2S2. The Balaban J connectivity index is 2.23. The van der Waals surface area contributed by atoms with Crippen LogP contribution in [0.1, 0.15) is 20.8 Å². The van der Waals surface area contributed by atoms with E-state index in [-0.39, 0.29) is 10.4 Å². The highest BCUT2D eigenvalue weighted by Gasteiger charge is 2.22. The van der Waals surface area contributed by atoms with E-state index in [0.717, 1.165) is 12.1 Å².